The number of imidazole rings is 1. The summed E-state index contributed by atoms with van der Waals surface area (Å²) >= 11 is 0. The van der Waals surface area contributed by atoms with Crippen LogP contribution in [-0.2, 0) is 4.74 Å². The van der Waals surface area contributed by atoms with Crippen molar-refractivity contribution in [1.29, 1.82) is 0 Å². The molecule has 4 heterocycles. The van der Waals surface area contributed by atoms with Crippen molar-refractivity contribution in [3.05, 3.63) is 48.6 Å². The number of nitrogens with one attached hydrogen (secondary N) is 1. The van der Waals surface area contributed by atoms with Gasteiger partial charge in [-0.2, -0.15) is 0 Å². The quantitative estimate of drug-likeness (QED) is 0.574. The maximum Gasteiger partial charge on any atom is 0.407 e. The fourth-order valence-corrected chi connectivity index (χ4v) is 3.96. The van der Waals surface area contributed by atoms with Crippen LogP contribution >= 0.6 is 0 Å². The zero-order valence-electron chi connectivity index (χ0n) is 20.2. The molecule has 1 aliphatic rings. The number of nitrogens with two attached hydrogens (primary N) is 1. The molecule has 0 aliphatic carbocycles. The third-order valence-corrected chi connectivity index (χ3v) is 5.63. The van der Waals surface area contributed by atoms with Crippen LogP contribution in [0.25, 0.3) is 22.3 Å². The fraction of sp³-hybridized carbons (Fsp3) is 0.400. The van der Waals surface area contributed by atoms with E-state index in [9.17, 15) is 4.79 Å². The van der Waals surface area contributed by atoms with Crippen LogP contribution in [0.5, 0.6) is 5.88 Å². The summed E-state index contributed by atoms with van der Waals surface area (Å²) in [6, 6.07) is 5.88. The number of fused-ring (bicyclic) bond motifs is 1. The van der Waals surface area contributed by atoms with Crippen molar-refractivity contribution in [1.82, 2.24) is 24.6 Å². The number of pyridine rings is 2. The number of anilines is 1. The number of hydrogen-bond donors (Lipinski definition) is 2. The first-order chi connectivity index (χ1) is 16.2. The standard InChI is InChI=1S/C25H32N6O3/c1-25(2,3)34-24(32)27-9-12-30-10-7-17(8-11-30)21-15-28-22-6-5-18(16-31(21)22)19-13-20(26)23(33-4)29-14-19/h5-7,13-16H,8-12,26H2,1-4H3,(H,27,32). The number of carbonyl (C=O) groups excluding carboxylic acids is 1. The van der Waals surface area contributed by atoms with Gasteiger partial charge >= 0.3 is 6.09 Å². The highest BCUT2D eigenvalue weighted by molar-refractivity contribution is 5.72. The summed E-state index contributed by atoms with van der Waals surface area (Å²) in [5, 5.41) is 2.82. The molecule has 1 amide bonds. The Morgan fingerprint density at radius 3 is 2.71 bits per heavy atom. The van der Waals surface area contributed by atoms with E-state index in [2.05, 4.69) is 36.9 Å². The van der Waals surface area contributed by atoms with E-state index in [1.807, 2.05) is 45.2 Å². The van der Waals surface area contributed by atoms with Gasteiger partial charge in [-0.3, -0.25) is 9.30 Å². The van der Waals surface area contributed by atoms with Gasteiger partial charge in [0.15, 0.2) is 0 Å². The number of ether oxygens (including phenoxy) is 2. The van der Waals surface area contributed by atoms with Crippen LogP contribution in [0.1, 0.15) is 32.9 Å². The molecule has 0 fully saturated rings. The van der Waals surface area contributed by atoms with Crippen LogP contribution in [-0.4, -0.2) is 64.3 Å². The number of nitrogen functional groups attached to an aromatic ring is 1. The minimum atomic E-state index is -0.489. The fourth-order valence-electron chi connectivity index (χ4n) is 3.96. The molecule has 180 valence electrons. The van der Waals surface area contributed by atoms with Crippen molar-refractivity contribution in [3.63, 3.8) is 0 Å². The summed E-state index contributed by atoms with van der Waals surface area (Å²) in [5.74, 6) is 0.423. The second kappa shape index (κ2) is 9.72. The molecule has 0 bridgehead atoms. The highest BCUT2D eigenvalue weighted by Crippen LogP contribution is 2.28. The Hall–Kier alpha value is -3.59. The van der Waals surface area contributed by atoms with E-state index < -0.39 is 5.60 Å². The Morgan fingerprint density at radius 2 is 2.03 bits per heavy atom. The summed E-state index contributed by atoms with van der Waals surface area (Å²) in [6.07, 6.45) is 8.51. The van der Waals surface area contributed by atoms with Gasteiger partial charge in [0.2, 0.25) is 5.88 Å². The molecule has 3 aromatic heterocycles. The number of aromatic nitrogens is 3. The van der Waals surface area contributed by atoms with E-state index in [-0.39, 0.29) is 6.09 Å². The molecule has 34 heavy (non-hydrogen) atoms. The predicted molar refractivity (Wildman–Crippen MR) is 133 cm³/mol. The van der Waals surface area contributed by atoms with Crippen molar-refractivity contribution >= 4 is 23.0 Å². The van der Waals surface area contributed by atoms with E-state index in [1.54, 1.807) is 13.3 Å². The van der Waals surface area contributed by atoms with Crippen molar-refractivity contribution in [2.45, 2.75) is 32.8 Å². The number of hydrogen-bond acceptors (Lipinski definition) is 7. The first kappa shape index (κ1) is 23.6. The highest BCUT2D eigenvalue weighted by atomic mass is 16.6. The molecular formula is C25H32N6O3. The summed E-state index contributed by atoms with van der Waals surface area (Å²) < 4.78 is 12.6. The van der Waals surface area contributed by atoms with Gasteiger partial charge in [0, 0.05) is 49.7 Å². The summed E-state index contributed by atoms with van der Waals surface area (Å²) in [4.78, 5) is 23.0. The highest BCUT2D eigenvalue weighted by Gasteiger charge is 2.18. The first-order valence-corrected chi connectivity index (χ1v) is 11.4. The van der Waals surface area contributed by atoms with Gasteiger partial charge in [0.1, 0.15) is 11.2 Å². The number of carbonyl (C=O) groups is 1. The third-order valence-electron chi connectivity index (χ3n) is 5.63. The van der Waals surface area contributed by atoms with E-state index in [1.165, 1.54) is 5.57 Å². The predicted octanol–water partition coefficient (Wildman–Crippen LogP) is 3.60. The topological polar surface area (TPSA) is 107 Å². The van der Waals surface area contributed by atoms with Gasteiger partial charge in [-0.05, 0) is 51.0 Å². The van der Waals surface area contributed by atoms with E-state index >= 15 is 0 Å². The average molecular weight is 465 g/mol. The lowest BCUT2D eigenvalue weighted by Crippen LogP contribution is -2.39. The number of alkyl carbamates (subject to hydrolysis) is 1. The summed E-state index contributed by atoms with van der Waals surface area (Å²) in [7, 11) is 1.55. The second-order valence-corrected chi connectivity index (χ2v) is 9.32. The lowest BCUT2D eigenvalue weighted by Gasteiger charge is -2.26. The molecule has 9 heteroatoms. The summed E-state index contributed by atoms with van der Waals surface area (Å²) in [6.45, 7) is 8.62. The minimum Gasteiger partial charge on any atom is -0.480 e. The molecule has 3 aromatic rings. The molecule has 0 spiro atoms. The van der Waals surface area contributed by atoms with Gasteiger partial charge in [0.25, 0.3) is 0 Å². The van der Waals surface area contributed by atoms with Gasteiger partial charge < -0.3 is 20.5 Å². The third kappa shape index (κ3) is 5.48. The van der Waals surface area contributed by atoms with Crippen LogP contribution in [0.2, 0.25) is 0 Å². The van der Waals surface area contributed by atoms with Crippen molar-refractivity contribution in [3.8, 4) is 17.0 Å². The van der Waals surface area contributed by atoms with Gasteiger partial charge in [0.05, 0.1) is 24.7 Å². The van der Waals surface area contributed by atoms with Crippen LogP contribution in [0.4, 0.5) is 10.5 Å². The molecule has 0 unspecified atom stereocenters. The van der Waals surface area contributed by atoms with Crippen molar-refractivity contribution < 1.29 is 14.3 Å². The maximum atomic E-state index is 11.8. The van der Waals surface area contributed by atoms with Crippen LogP contribution in [0.3, 0.4) is 0 Å². The molecule has 4 rings (SSSR count). The molecule has 0 aromatic carbocycles. The smallest absolute Gasteiger partial charge is 0.407 e. The Balaban J connectivity index is 1.43. The van der Waals surface area contributed by atoms with E-state index in [0.29, 0.717) is 18.1 Å². The SMILES string of the molecule is COc1ncc(-c2ccc3ncc(C4=CCN(CCNC(=O)OC(C)(C)C)CC4)n3c2)cc1N. The Morgan fingerprint density at radius 1 is 1.21 bits per heavy atom. The van der Waals surface area contributed by atoms with E-state index in [4.69, 9.17) is 15.2 Å². The zero-order valence-corrected chi connectivity index (χ0v) is 20.2. The average Bonchev–Trinajstić information content (AvgIpc) is 3.21. The van der Waals surface area contributed by atoms with E-state index in [0.717, 1.165) is 48.5 Å². The number of nitrogens with zero attached hydrogens (tertiary/aromatic N) is 4. The lowest BCUT2D eigenvalue weighted by molar-refractivity contribution is 0.0522. The monoisotopic (exact) mass is 464 g/mol. The lowest BCUT2D eigenvalue weighted by atomic mass is 10.0. The van der Waals surface area contributed by atoms with Crippen molar-refractivity contribution in [2.24, 2.45) is 0 Å². The number of methoxy groups -OCH3 is 1. The minimum absolute atomic E-state index is 0.379. The van der Waals surface area contributed by atoms with Crippen LogP contribution in [0, 0.1) is 0 Å². The van der Waals surface area contributed by atoms with Crippen LogP contribution < -0.4 is 15.8 Å². The molecule has 0 radical (unpaired) electrons. The zero-order chi connectivity index (χ0) is 24.3. The van der Waals surface area contributed by atoms with Crippen molar-refractivity contribution in [2.75, 3.05) is 39.0 Å². The molecule has 0 atom stereocenters. The summed E-state index contributed by atoms with van der Waals surface area (Å²) in [5.41, 5.74) is 11.2. The normalized spacial score (nSPS) is 14.6. The number of amides is 1. The largest absolute Gasteiger partial charge is 0.480 e. The molecule has 9 nitrogen and oxygen atoms in total. The van der Waals surface area contributed by atoms with Crippen LogP contribution in [0.15, 0.2) is 42.9 Å². The molecule has 3 N–H and O–H groups in total. The Bertz CT molecular complexity index is 1210. The Kier molecular flexibility index (Phi) is 6.74. The molecule has 0 saturated carbocycles. The van der Waals surface area contributed by atoms with Gasteiger partial charge in [-0.25, -0.2) is 14.8 Å². The molecule has 0 saturated heterocycles. The molecule has 1 aliphatic heterocycles. The second-order valence-electron chi connectivity index (χ2n) is 9.32. The Labute approximate surface area is 199 Å². The molecular weight excluding hydrogens is 432 g/mol. The number of rotatable bonds is 6. The maximum absolute atomic E-state index is 11.8. The van der Waals surface area contributed by atoms with Gasteiger partial charge in [-0.15, -0.1) is 0 Å². The first-order valence-electron chi connectivity index (χ1n) is 11.4. The van der Waals surface area contributed by atoms with Gasteiger partial charge in [-0.1, -0.05) is 6.08 Å².